The van der Waals surface area contributed by atoms with E-state index < -0.39 is 0 Å². The summed E-state index contributed by atoms with van der Waals surface area (Å²) in [4.78, 5) is 4.20. The van der Waals surface area contributed by atoms with Gasteiger partial charge in [0.15, 0.2) is 0 Å². The lowest BCUT2D eigenvalue weighted by Gasteiger charge is -2.13. The smallest absolute Gasteiger partial charge is 0.138 e. The summed E-state index contributed by atoms with van der Waals surface area (Å²) in [6.07, 6.45) is 2.12. The topological polar surface area (TPSA) is 56.7 Å². The van der Waals surface area contributed by atoms with E-state index in [1.54, 1.807) is 6.07 Å². The Morgan fingerprint density at radius 3 is 2.94 bits per heavy atom. The third-order valence-corrected chi connectivity index (χ3v) is 3.69. The molecule has 1 unspecified atom stereocenters. The summed E-state index contributed by atoms with van der Waals surface area (Å²) in [6.45, 7) is 2.77. The highest BCUT2D eigenvalue weighted by molar-refractivity contribution is 14.1. The summed E-state index contributed by atoms with van der Waals surface area (Å²) in [5, 5.41) is 4.11. The fourth-order valence-electron chi connectivity index (χ4n) is 1.82. The van der Waals surface area contributed by atoms with Crippen molar-refractivity contribution in [3.05, 3.63) is 45.3 Å². The quantitative estimate of drug-likeness (QED) is 0.852. The van der Waals surface area contributed by atoms with Crippen molar-refractivity contribution >= 4 is 22.6 Å². The summed E-state index contributed by atoms with van der Waals surface area (Å²) < 4.78 is 15.7. The molecule has 0 fully saturated rings. The molecule has 0 aliphatic heterocycles. The van der Waals surface area contributed by atoms with Crippen LogP contribution >= 0.6 is 22.6 Å². The molecule has 1 heterocycles. The fourth-order valence-corrected chi connectivity index (χ4v) is 2.70. The first kappa shape index (κ1) is 13.4. The molecule has 0 saturated heterocycles. The van der Waals surface area contributed by atoms with Gasteiger partial charge in [0.05, 0.1) is 0 Å². The SMILES string of the molecule is CCn1ncnc1CC(N)c1ccc(F)cc1I. The first-order valence-corrected chi connectivity index (χ1v) is 6.77. The zero-order valence-electron chi connectivity index (χ0n) is 9.98. The summed E-state index contributed by atoms with van der Waals surface area (Å²) in [5.74, 6) is 0.609. The number of hydrogen-bond donors (Lipinski definition) is 1. The average Bonchev–Trinajstić information content (AvgIpc) is 2.76. The second kappa shape index (κ2) is 5.75. The van der Waals surface area contributed by atoms with Crippen molar-refractivity contribution in [1.82, 2.24) is 14.8 Å². The number of hydrogen-bond acceptors (Lipinski definition) is 3. The van der Waals surface area contributed by atoms with Gasteiger partial charge >= 0.3 is 0 Å². The Labute approximate surface area is 119 Å². The number of rotatable bonds is 4. The molecule has 2 aromatic rings. The second-order valence-corrected chi connectivity index (χ2v) is 5.13. The van der Waals surface area contributed by atoms with Crippen LogP contribution in [0.4, 0.5) is 4.39 Å². The van der Waals surface area contributed by atoms with Crippen molar-refractivity contribution < 1.29 is 4.39 Å². The zero-order chi connectivity index (χ0) is 13.1. The number of nitrogens with zero attached hydrogens (tertiary/aromatic N) is 3. The van der Waals surface area contributed by atoms with Gasteiger partial charge < -0.3 is 5.73 Å². The molecule has 0 saturated carbocycles. The maximum atomic E-state index is 13.0. The summed E-state index contributed by atoms with van der Waals surface area (Å²) >= 11 is 2.10. The molecule has 0 radical (unpaired) electrons. The van der Waals surface area contributed by atoms with Crippen molar-refractivity contribution in [2.75, 3.05) is 0 Å². The van der Waals surface area contributed by atoms with Crippen LogP contribution in [-0.2, 0) is 13.0 Å². The largest absolute Gasteiger partial charge is 0.324 e. The molecule has 4 nitrogen and oxygen atoms in total. The Bertz CT molecular complexity index is 541. The molecule has 0 spiro atoms. The lowest BCUT2D eigenvalue weighted by atomic mass is 10.0. The predicted molar refractivity (Wildman–Crippen MR) is 75.4 cm³/mol. The molecule has 0 amide bonds. The Balaban J connectivity index is 2.19. The Kier molecular flexibility index (Phi) is 4.28. The van der Waals surface area contributed by atoms with Crippen molar-refractivity contribution in [1.29, 1.82) is 0 Å². The molecule has 1 aromatic heterocycles. The first-order chi connectivity index (χ1) is 8.61. The molecule has 1 atom stereocenters. The van der Waals surface area contributed by atoms with Crippen LogP contribution in [0.25, 0.3) is 0 Å². The second-order valence-electron chi connectivity index (χ2n) is 3.97. The maximum absolute atomic E-state index is 13.0. The Morgan fingerprint density at radius 2 is 2.28 bits per heavy atom. The van der Waals surface area contributed by atoms with Crippen molar-refractivity contribution in [3.63, 3.8) is 0 Å². The summed E-state index contributed by atoms with van der Waals surface area (Å²) in [5.41, 5.74) is 7.09. The van der Waals surface area contributed by atoms with E-state index in [4.69, 9.17) is 5.73 Å². The van der Waals surface area contributed by atoms with Crippen LogP contribution < -0.4 is 5.73 Å². The van der Waals surface area contributed by atoms with Crippen molar-refractivity contribution in [3.8, 4) is 0 Å². The lowest BCUT2D eigenvalue weighted by molar-refractivity contribution is 0.578. The van der Waals surface area contributed by atoms with Crippen LogP contribution in [0.2, 0.25) is 0 Å². The van der Waals surface area contributed by atoms with Gasteiger partial charge in [-0.05, 0) is 47.2 Å². The third kappa shape index (κ3) is 2.86. The zero-order valence-corrected chi connectivity index (χ0v) is 12.1. The van der Waals surface area contributed by atoms with Gasteiger partial charge in [-0.1, -0.05) is 6.07 Å². The van der Waals surface area contributed by atoms with E-state index in [-0.39, 0.29) is 11.9 Å². The predicted octanol–water partition coefficient (Wildman–Crippen LogP) is 2.28. The van der Waals surface area contributed by atoms with E-state index in [2.05, 4.69) is 32.7 Å². The third-order valence-electron chi connectivity index (χ3n) is 2.76. The molecular weight excluding hydrogens is 346 g/mol. The maximum Gasteiger partial charge on any atom is 0.138 e. The van der Waals surface area contributed by atoms with Gasteiger partial charge in [0.2, 0.25) is 0 Å². The normalized spacial score (nSPS) is 12.7. The monoisotopic (exact) mass is 360 g/mol. The lowest BCUT2D eigenvalue weighted by Crippen LogP contribution is -2.18. The number of aryl methyl sites for hydroxylation is 1. The van der Waals surface area contributed by atoms with Crippen LogP contribution in [-0.4, -0.2) is 14.8 Å². The molecule has 2 N–H and O–H groups in total. The van der Waals surface area contributed by atoms with Crippen LogP contribution in [0.15, 0.2) is 24.5 Å². The van der Waals surface area contributed by atoms with E-state index >= 15 is 0 Å². The van der Waals surface area contributed by atoms with Gasteiger partial charge in [-0.15, -0.1) is 0 Å². The minimum Gasteiger partial charge on any atom is -0.324 e. The van der Waals surface area contributed by atoms with Gasteiger partial charge in [0.25, 0.3) is 0 Å². The van der Waals surface area contributed by atoms with Crippen LogP contribution in [0.1, 0.15) is 24.4 Å². The van der Waals surface area contributed by atoms with E-state index in [1.807, 2.05) is 11.6 Å². The highest BCUT2D eigenvalue weighted by Crippen LogP contribution is 2.21. The van der Waals surface area contributed by atoms with Crippen molar-refractivity contribution in [2.45, 2.75) is 25.9 Å². The van der Waals surface area contributed by atoms with Crippen molar-refractivity contribution in [2.24, 2.45) is 5.73 Å². The highest BCUT2D eigenvalue weighted by atomic mass is 127. The van der Waals surface area contributed by atoms with Gasteiger partial charge in [-0.25, -0.2) is 9.37 Å². The molecule has 0 aliphatic carbocycles. The molecular formula is C12H14FIN4. The Morgan fingerprint density at radius 1 is 1.50 bits per heavy atom. The molecule has 6 heteroatoms. The van der Waals surface area contributed by atoms with Gasteiger partial charge in [-0.2, -0.15) is 5.10 Å². The van der Waals surface area contributed by atoms with Gasteiger partial charge in [0.1, 0.15) is 18.0 Å². The fraction of sp³-hybridized carbons (Fsp3) is 0.333. The summed E-state index contributed by atoms with van der Waals surface area (Å²) in [6, 6.07) is 4.45. The average molecular weight is 360 g/mol. The van der Waals surface area contributed by atoms with E-state index in [1.165, 1.54) is 18.5 Å². The minimum atomic E-state index is -0.243. The van der Waals surface area contributed by atoms with Crippen LogP contribution in [0, 0.1) is 9.39 Å². The van der Waals surface area contributed by atoms with Gasteiger partial charge in [-0.3, -0.25) is 4.68 Å². The minimum absolute atomic E-state index is 0.202. The van der Waals surface area contributed by atoms with Crippen LogP contribution in [0.3, 0.4) is 0 Å². The molecule has 0 aliphatic rings. The standard InChI is InChI=1S/C12H14FIN4/c1-2-18-12(16-7-17-18)6-11(15)9-4-3-8(13)5-10(9)14/h3-5,7,11H,2,6,15H2,1H3. The van der Waals surface area contributed by atoms with E-state index in [9.17, 15) is 4.39 Å². The van der Waals surface area contributed by atoms with E-state index in [0.29, 0.717) is 6.42 Å². The van der Waals surface area contributed by atoms with Crippen LogP contribution in [0.5, 0.6) is 0 Å². The van der Waals surface area contributed by atoms with Gasteiger partial charge in [0, 0.05) is 22.6 Å². The number of benzene rings is 1. The van der Waals surface area contributed by atoms with E-state index in [0.717, 1.165) is 21.5 Å². The summed E-state index contributed by atoms with van der Waals surface area (Å²) in [7, 11) is 0. The molecule has 1 aromatic carbocycles. The molecule has 96 valence electrons. The number of aromatic nitrogens is 3. The molecule has 0 bridgehead atoms. The molecule has 2 rings (SSSR count). The molecule has 18 heavy (non-hydrogen) atoms. The number of nitrogens with two attached hydrogens (primary N) is 1. The highest BCUT2D eigenvalue weighted by Gasteiger charge is 2.14. The first-order valence-electron chi connectivity index (χ1n) is 5.69. The Hall–Kier alpha value is -1.02. The number of halogens is 2.